The summed E-state index contributed by atoms with van der Waals surface area (Å²) in [5.74, 6) is -4.02. The van der Waals surface area contributed by atoms with Crippen molar-refractivity contribution in [1.29, 1.82) is 0 Å². The lowest BCUT2D eigenvalue weighted by molar-refractivity contribution is 0.560. The van der Waals surface area contributed by atoms with Crippen LogP contribution in [0.3, 0.4) is 0 Å². The molecule has 0 unspecified atom stereocenters. The molecule has 3 rings (SSSR count). The van der Waals surface area contributed by atoms with Gasteiger partial charge in [0.25, 0.3) is 0 Å². The number of imidazole rings is 1. The molecule has 2 aromatic carbocycles. The van der Waals surface area contributed by atoms with E-state index >= 15 is 0 Å². The van der Waals surface area contributed by atoms with Gasteiger partial charge in [0.15, 0.2) is 0 Å². The van der Waals surface area contributed by atoms with Gasteiger partial charge in [0, 0.05) is 18.9 Å². The Bertz CT molecular complexity index is 811. The smallest absolute Gasteiger partial charge is 0.134 e. The zero-order chi connectivity index (χ0) is 16.6. The van der Waals surface area contributed by atoms with E-state index in [-0.39, 0.29) is 6.54 Å². The first-order chi connectivity index (χ1) is 11.0. The van der Waals surface area contributed by atoms with Gasteiger partial charge in [-0.2, -0.15) is 0 Å². The van der Waals surface area contributed by atoms with Crippen molar-refractivity contribution in [2.75, 3.05) is 0 Å². The van der Waals surface area contributed by atoms with E-state index in [0.717, 1.165) is 24.3 Å². The van der Waals surface area contributed by atoms with E-state index in [9.17, 15) is 17.6 Å². The fraction of sp³-hybridized carbons (Fsp3) is 0.118. The van der Waals surface area contributed by atoms with Gasteiger partial charge in [0.05, 0.1) is 17.5 Å². The van der Waals surface area contributed by atoms with Crippen LogP contribution in [0.1, 0.15) is 11.1 Å². The molecular formula is C17H12F4N2. The lowest BCUT2D eigenvalue weighted by atomic mass is 9.99. The molecule has 0 aliphatic carbocycles. The van der Waals surface area contributed by atoms with Crippen molar-refractivity contribution in [3.8, 4) is 11.1 Å². The Balaban J connectivity index is 2.08. The molecule has 23 heavy (non-hydrogen) atoms. The number of rotatable bonds is 3. The molecule has 6 heteroatoms. The van der Waals surface area contributed by atoms with Gasteiger partial charge < -0.3 is 4.57 Å². The van der Waals surface area contributed by atoms with Crippen LogP contribution in [0.4, 0.5) is 17.6 Å². The average Bonchev–Trinajstić information content (AvgIpc) is 2.93. The zero-order valence-corrected chi connectivity index (χ0v) is 12.2. The Morgan fingerprint density at radius 2 is 1.39 bits per heavy atom. The van der Waals surface area contributed by atoms with Gasteiger partial charge in [0.2, 0.25) is 0 Å². The molecule has 0 saturated carbocycles. The van der Waals surface area contributed by atoms with Crippen molar-refractivity contribution in [3.63, 3.8) is 0 Å². The van der Waals surface area contributed by atoms with Crippen LogP contribution in [0, 0.1) is 30.2 Å². The Morgan fingerprint density at radius 1 is 0.870 bits per heavy atom. The summed E-state index contributed by atoms with van der Waals surface area (Å²) in [6, 6.07) is 4.21. The minimum Gasteiger partial charge on any atom is -0.333 e. The first kappa shape index (κ1) is 15.3. The third kappa shape index (κ3) is 2.97. The lowest BCUT2D eigenvalue weighted by Crippen LogP contribution is -2.02. The summed E-state index contributed by atoms with van der Waals surface area (Å²) in [5.41, 5.74) is -0.731. The van der Waals surface area contributed by atoms with Crippen molar-refractivity contribution < 1.29 is 17.6 Å². The van der Waals surface area contributed by atoms with Crippen molar-refractivity contribution in [1.82, 2.24) is 9.55 Å². The number of hydrogen-bond donors (Lipinski definition) is 0. The van der Waals surface area contributed by atoms with Crippen molar-refractivity contribution in [2.45, 2.75) is 13.5 Å². The first-order valence-corrected chi connectivity index (χ1v) is 6.85. The maximum Gasteiger partial charge on any atom is 0.134 e. The minimum atomic E-state index is -1.01. The molecule has 0 atom stereocenters. The predicted molar refractivity (Wildman–Crippen MR) is 77.8 cm³/mol. The molecule has 3 aromatic rings. The number of benzene rings is 2. The van der Waals surface area contributed by atoms with Gasteiger partial charge >= 0.3 is 0 Å². The van der Waals surface area contributed by atoms with Crippen LogP contribution in [0.2, 0.25) is 0 Å². The topological polar surface area (TPSA) is 17.8 Å². The van der Waals surface area contributed by atoms with Crippen LogP contribution in [-0.2, 0) is 6.54 Å². The number of aryl methyl sites for hydroxylation is 1. The maximum absolute atomic E-state index is 14.3. The van der Waals surface area contributed by atoms with E-state index in [4.69, 9.17) is 0 Å². The molecule has 0 spiro atoms. The molecule has 0 N–H and O–H groups in total. The standard InChI is InChI=1S/C17H12F4N2/c1-10-4-12(18)16(13(19)5-10)17-14(20)6-11(7-15(17)21)8-23-3-2-22-9-23/h2-7,9H,8H2,1H3. The van der Waals surface area contributed by atoms with Crippen LogP contribution < -0.4 is 0 Å². The maximum atomic E-state index is 14.3. The van der Waals surface area contributed by atoms with Crippen LogP contribution >= 0.6 is 0 Å². The van der Waals surface area contributed by atoms with Crippen molar-refractivity contribution in [3.05, 3.63) is 77.4 Å². The van der Waals surface area contributed by atoms with Gasteiger partial charge in [-0.15, -0.1) is 0 Å². The van der Waals surface area contributed by atoms with Crippen LogP contribution in [0.5, 0.6) is 0 Å². The summed E-state index contributed by atoms with van der Waals surface area (Å²) in [5, 5.41) is 0. The van der Waals surface area contributed by atoms with Crippen LogP contribution in [0.15, 0.2) is 43.0 Å². The third-order valence-corrected chi connectivity index (χ3v) is 3.46. The number of hydrogen-bond acceptors (Lipinski definition) is 1. The number of halogens is 4. The third-order valence-electron chi connectivity index (χ3n) is 3.46. The van der Waals surface area contributed by atoms with Gasteiger partial charge in [-0.25, -0.2) is 22.5 Å². The molecule has 1 heterocycles. The molecule has 0 bridgehead atoms. The minimum absolute atomic E-state index is 0.201. The summed E-state index contributed by atoms with van der Waals surface area (Å²) in [7, 11) is 0. The Labute approximate surface area is 130 Å². The summed E-state index contributed by atoms with van der Waals surface area (Å²) in [4.78, 5) is 3.84. The normalized spacial score (nSPS) is 11.0. The molecule has 0 fully saturated rings. The molecule has 1 aromatic heterocycles. The largest absolute Gasteiger partial charge is 0.333 e. The molecule has 2 nitrogen and oxygen atoms in total. The van der Waals surface area contributed by atoms with E-state index in [1.165, 1.54) is 19.4 Å². The Morgan fingerprint density at radius 3 is 1.87 bits per heavy atom. The Kier molecular flexibility index (Phi) is 3.90. The van der Waals surface area contributed by atoms with Gasteiger partial charge in [-0.05, 0) is 42.3 Å². The van der Waals surface area contributed by atoms with Gasteiger partial charge in [-0.3, -0.25) is 0 Å². The molecule has 0 radical (unpaired) electrons. The second-order valence-electron chi connectivity index (χ2n) is 5.27. The number of nitrogens with zero attached hydrogens (tertiary/aromatic N) is 2. The highest BCUT2D eigenvalue weighted by Crippen LogP contribution is 2.32. The SMILES string of the molecule is Cc1cc(F)c(-c2c(F)cc(Cn3ccnc3)cc2F)c(F)c1. The summed E-state index contributed by atoms with van der Waals surface area (Å²) in [6.45, 7) is 1.70. The molecule has 0 saturated heterocycles. The highest BCUT2D eigenvalue weighted by atomic mass is 19.1. The second-order valence-corrected chi connectivity index (χ2v) is 5.27. The summed E-state index contributed by atoms with van der Waals surface area (Å²) in [6.07, 6.45) is 4.68. The average molecular weight is 320 g/mol. The predicted octanol–water partition coefficient (Wildman–Crippen LogP) is 4.46. The molecule has 0 aliphatic rings. The molecule has 118 valence electrons. The van der Waals surface area contributed by atoms with E-state index < -0.39 is 34.4 Å². The van der Waals surface area contributed by atoms with E-state index in [1.54, 1.807) is 10.8 Å². The van der Waals surface area contributed by atoms with Gasteiger partial charge in [0.1, 0.15) is 23.3 Å². The zero-order valence-electron chi connectivity index (χ0n) is 12.2. The van der Waals surface area contributed by atoms with Crippen LogP contribution in [0.25, 0.3) is 11.1 Å². The summed E-state index contributed by atoms with van der Waals surface area (Å²) >= 11 is 0. The lowest BCUT2D eigenvalue weighted by Gasteiger charge is -2.11. The molecular weight excluding hydrogens is 308 g/mol. The second kappa shape index (κ2) is 5.87. The highest BCUT2D eigenvalue weighted by molar-refractivity contribution is 5.67. The van der Waals surface area contributed by atoms with Crippen molar-refractivity contribution >= 4 is 0 Å². The highest BCUT2D eigenvalue weighted by Gasteiger charge is 2.21. The van der Waals surface area contributed by atoms with E-state index in [0.29, 0.717) is 11.1 Å². The summed E-state index contributed by atoms with van der Waals surface area (Å²) < 4.78 is 58.2. The van der Waals surface area contributed by atoms with Gasteiger partial charge in [-0.1, -0.05) is 0 Å². The van der Waals surface area contributed by atoms with E-state index in [1.807, 2.05) is 0 Å². The van der Waals surface area contributed by atoms with Crippen LogP contribution in [-0.4, -0.2) is 9.55 Å². The fourth-order valence-corrected chi connectivity index (χ4v) is 2.49. The first-order valence-electron chi connectivity index (χ1n) is 6.85. The van der Waals surface area contributed by atoms with Crippen molar-refractivity contribution in [2.24, 2.45) is 0 Å². The fourth-order valence-electron chi connectivity index (χ4n) is 2.49. The number of aromatic nitrogens is 2. The van der Waals surface area contributed by atoms with E-state index in [2.05, 4.69) is 4.98 Å². The Hall–Kier alpha value is -2.63. The quantitative estimate of drug-likeness (QED) is 0.651. The molecule has 0 aliphatic heterocycles. The monoisotopic (exact) mass is 320 g/mol. The molecule has 0 amide bonds.